The Hall–Kier alpha value is -1.84. The van der Waals surface area contributed by atoms with Crippen LogP contribution in [0.15, 0.2) is 40.1 Å². The molecule has 0 aliphatic rings. The molecule has 0 unspecified atom stereocenters. The Morgan fingerprint density at radius 1 is 1.45 bits per heavy atom. The molecular formula is C16H17N3OS2. The highest BCUT2D eigenvalue weighted by Crippen LogP contribution is 2.28. The Morgan fingerprint density at radius 3 is 2.77 bits per heavy atom. The predicted octanol–water partition coefficient (Wildman–Crippen LogP) is 3.88. The van der Waals surface area contributed by atoms with Crippen molar-refractivity contribution in [2.45, 2.75) is 29.9 Å². The van der Waals surface area contributed by atoms with E-state index in [9.17, 15) is 4.79 Å². The molecule has 0 spiro atoms. The van der Waals surface area contributed by atoms with E-state index in [-0.39, 0.29) is 11.2 Å². The van der Waals surface area contributed by atoms with Gasteiger partial charge < -0.3 is 4.90 Å². The molecule has 1 aromatic heterocycles. The van der Waals surface area contributed by atoms with Crippen molar-refractivity contribution in [2.24, 2.45) is 0 Å². The molecule has 1 heterocycles. The fourth-order valence-corrected chi connectivity index (χ4v) is 3.99. The third-order valence-electron chi connectivity index (χ3n) is 3.00. The molecule has 2 aromatic rings. The first-order valence-corrected chi connectivity index (χ1v) is 8.70. The van der Waals surface area contributed by atoms with Crippen molar-refractivity contribution < 1.29 is 4.79 Å². The van der Waals surface area contributed by atoms with Crippen LogP contribution < -0.4 is 4.90 Å². The lowest BCUT2D eigenvalue weighted by atomic mass is 10.2. The molecule has 0 aliphatic heterocycles. The molecule has 114 valence electrons. The Kier molecular flexibility index (Phi) is 5.99. The first-order valence-electron chi connectivity index (χ1n) is 6.94. The van der Waals surface area contributed by atoms with Crippen LogP contribution in [0.1, 0.15) is 19.0 Å². The predicted molar refractivity (Wildman–Crippen MR) is 91.2 cm³/mol. The van der Waals surface area contributed by atoms with Crippen molar-refractivity contribution in [3.8, 4) is 6.07 Å². The van der Waals surface area contributed by atoms with E-state index < -0.39 is 0 Å². The third-order valence-corrected chi connectivity index (χ3v) is 5.18. The second kappa shape index (κ2) is 7.97. The molecule has 2 rings (SSSR count). The Labute approximate surface area is 138 Å². The number of thioether (sulfide) groups is 1. The van der Waals surface area contributed by atoms with E-state index in [4.69, 9.17) is 5.26 Å². The monoisotopic (exact) mass is 331 g/mol. The van der Waals surface area contributed by atoms with Crippen LogP contribution in [-0.2, 0) is 4.79 Å². The number of nitriles is 1. The zero-order chi connectivity index (χ0) is 15.9. The van der Waals surface area contributed by atoms with Gasteiger partial charge in [0.05, 0.1) is 17.7 Å². The van der Waals surface area contributed by atoms with Crippen LogP contribution in [-0.4, -0.2) is 22.7 Å². The van der Waals surface area contributed by atoms with Gasteiger partial charge in [-0.3, -0.25) is 4.79 Å². The van der Waals surface area contributed by atoms with Crippen LogP contribution in [0, 0.1) is 18.3 Å². The zero-order valence-electron chi connectivity index (χ0n) is 12.5. The lowest BCUT2D eigenvalue weighted by Gasteiger charge is -2.24. The molecule has 0 saturated heterocycles. The van der Waals surface area contributed by atoms with Gasteiger partial charge in [0, 0.05) is 23.3 Å². The van der Waals surface area contributed by atoms with E-state index in [0.717, 1.165) is 15.7 Å². The first-order chi connectivity index (χ1) is 10.6. The number of anilines is 1. The Bertz CT molecular complexity index is 664. The molecule has 0 saturated carbocycles. The standard InChI is InChI=1S/C16H17N3OS2/c1-12-11-21-16(18-12)22-13(2)15(20)19(10-6-9-17)14-7-4-3-5-8-14/h3-5,7-8,11,13H,6,10H2,1-2H3/t13-/m1/s1. The number of benzene rings is 1. The number of hydrogen-bond acceptors (Lipinski definition) is 5. The minimum absolute atomic E-state index is 0.000645. The van der Waals surface area contributed by atoms with Gasteiger partial charge in [-0.25, -0.2) is 4.98 Å². The largest absolute Gasteiger partial charge is 0.310 e. The average Bonchev–Trinajstić information content (AvgIpc) is 2.93. The summed E-state index contributed by atoms with van der Waals surface area (Å²) in [6.45, 7) is 4.23. The van der Waals surface area contributed by atoms with E-state index in [1.54, 1.807) is 16.2 Å². The molecule has 1 aromatic carbocycles. The number of hydrogen-bond donors (Lipinski definition) is 0. The maximum absolute atomic E-state index is 12.7. The van der Waals surface area contributed by atoms with Crippen molar-refractivity contribution >= 4 is 34.7 Å². The van der Waals surface area contributed by atoms with E-state index in [1.165, 1.54) is 11.8 Å². The van der Waals surface area contributed by atoms with Crippen LogP contribution in [0.5, 0.6) is 0 Å². The summed E-state index contributed by atoms with van der Waals surface area (Å²) < 4.78 is 0.895. The van der Waals surface area contributed by atoms with Crippen molar-refractivity contribution in [1.82, 2.24) is 4.98 Å². The molecule has 1 atom stereocenters. The van der Waals surface area contributed by atoms with Gasteiger partial charge in [0.25, 0.3) is 0 Å². The second-order valence-electron chi connectivity index (χ2n) is 4.75. The molecule has 22 heavy (non-hydrogen) atoms. The highest BCUT2D eigenvalue weighted by molar-refractivity contribution is 8.02. The number of para-hydroxylation sites is 1. The highest BCUT2D eigenvalue weighted by Gasteiger charge is 2.23. The lowest BCUT2D eigenvalue weighted by Crippen LogP contribution is -2.37. The maximum atomic E-state index is 12.7. The second-order valence-corrected chi connectivity index (χ2v) is 7.19. The van der Waals surface area contributed by atoms with Crippen LogP contribution >= 0.6 is 23.1 Å². The number of rotatable bonds is 6. The third kappa shape index (κ3) is 4.33. The number of carbonyl (C=O) groups is 1. The molecule has 4 nitrogen and oxygen atoms in total. The van der Waals surface area contributed by atoms with E-state index in [2.05, 4.69) is 11.1 Å². The van der Waals surface area contributed by atoms with E-state index in [1.807, 2.05) is 49.6 Å². The average molecular weight is 331 g/mol. The lowest BCUT2D eigenvalue weighted by molar-refractivity contribution is -0.117. The number of amides is 1. The van der Waals surface area contributed by atoms with Gasteiger partial charge in [0.15, 0.2) is 4.34 Å². The fourth-order valence-electron chi connectivity index (χ4n) is 1.94. The normalized spacial score (nSPS) is 11.7. The van der Waals surface area contributed by atoms with Gasteiger partial charge in [0.2, 0.25) is 5.91 Å². The Morgan fingerprint density at radius 2 is 2.18 bits per heavy atom. The number of aryl methyl sites for hydroxylation is 1. The number of carbonyl (C=O) groups excluding carboxylic acids is 1. The molecule has 0 aliphatic carbocycles. The summed E-state index contributed by atoms with van der Waals surface area (Å²) in [5.41, 5.74) is 1.79. The molecule has 6 heteroatoms. The molecule has 0 N–H and O–H groups in total. The summed E-state index contributed by atoms with van der Waals surface area (Å²) in [5.74, 6) is -0.000645. The zero-order valence-corrected chi connectivity index (χ0v) is 14.2. The summed E-state index contributed by atoms with van der Waals surface area (Å²) in [4.78, 5) is 18.8. The molecule has 0 fully saturated rings. The van der Waals surface area contributed by atoms with E-state index in [0.29, 0.717) is 13.0 Å². The summed E-state index contributed by atoms with van der Waals surface area (Å²) in [7, 11) is 0. The van der Waals surface area contributed by atoms with Crippen LogP contribution in [0.2, 0.25) is 0 Å². The minimum Gasteiger partial charge on any atom is -0.310 e. The maximum Gasteiger partial charge on any atom is 0.240 e. The van der Waals surface area contributed by atoms with Crippen molar-refractivity contribution in [1.29, 1.82) is 5.26 Å². The van der Waals surface area contributed by atoms with Gasteiger partial charge in [-0.05, 0) is 26.0 Å². The van der Waals surface area contributed by atoms with Gasteiger partial charge >= 0.3 is 0 Å². The van der Waals surface area contributed by atoms with Gasteiger partial charge in [0.1, 0.15) is 0 Å². The summed E-state index contributed by atoms with van der Waals surface area (Å²) in [5, 5.41) is 10.5. The number of aromatic nitrogens is 1. The van der Waals surface area contributed by atoms with Crippen LogP contribution in [0.4, 0.5) is 5.69 Å². The molecule has 0 bridgehead atoms. The summed E-state index contributed by atoms with van der Waals surface area (Å²) in [6.07, 6.45) is 0.314. The van der Waals surface area contributed by atoms with Crippen molar-refractivity contribution in [3.05, 3.63) is 41.4 Å². The summed E-state index contributed by atoms with van der Waals surface area (Å²) >= 11 is 3.01. The van der Waals surface area contributed by atoms with Crippen LogP contribution in [0.3, 0.4) is 0 Å². The highest BCUT2D eigenvalue weighted by atomic mass is 32.2. The molecule has 0 radical (unpaired) electrons. The van der Waals surface area contributed by atoms with Gasteiger partial charge in [-0.1, -0.05) is 30.0 Å². The molecular weight excluding hydrogens is 314 g/mol. The number of thiazole rings is 1. The fraction of sp³-hybridized carbons (Fsp3) is 0.312. The van der Waals surface area contributed by atoms with Crippen molar-refractivity contribution in [2.75, 3.05) is 11.4 Å². The first kappa shape index (κ1) is 16.5. The topological polar surface area (TPSA) is 57.0 Å². The van der Waals surface area contributed by atoms with Gasteiger partial charge in [-0.15, -0.1) is 11.3 Å². The number of nitrogens with zero attached hydrogens (tertiary/aromatic N) is 3. The Balaban J connectivity index is 2.12. The van der Waals surface area contributed by atoms with E-state index >= 15 is 0 Å². The van der Waals surface area contributed by atoms with Gasteiger partial charge in [-0.2, -0.15) is 5.26 Å². The SMILES string of the molecule is Cc1csc(S[C@H](C)C(=O)N(CCC#N)c2ccccc2)n1. The van der Waals surface area contributed by atoms with Crippen molar-refractivity contribution in [3.63, 3.8) is 0 Å². The molecule has 1 amide bonds. The smallest absolute Gasteiger partial charge is 0.240 e. The minimum atomic E-state index is -0.246. The quantitative estimate of drug-likeness (QED) is 0.754. The summed E-state index contributed by atoms with van der Waals surface area (Å²) in [6, 6.07) is 11.6. The van der Waals surface area contributed by atoms with Crippen LogP contribution in [0.25, 0.3) is 0 Å².